The number of carbonyl (C=O) groups excluding carboxylic acids is 1. The molecule has 2 fully saturated rings. The van der Waals surface area contributed by atoms with Gasteiger partial charge in [-0.15, -0.1) is 0 Å². The fraction of sp³-hybridized carbons (Fsp3) is 0.833. The summed E-state index contributed by atoms with van der Waals surface area (Å²) in [6, 6.07) is 0. The molecule has 6 heteroatoms. The number of amides is 1. The van der Waals surface area contributed by atoms with Crippen LogP contribution in [0.4, 0.5) is 0 Å². The number of hydrogen-bond acceptors (Lipinski definition) is 4. The van der Waals surface area contributed by atoms with Crippen LogP contribution in [0.3, 0.4) is 0 Å². The van der Waals surface area contributed by atoms with Crippen LogP contribution >= 0.6 is 0 Å². The summed E-state index contributed by atoms with van der Waals surface area (Å²) in [5.41, 5.74) is -0.698. The van der Waals surface area contributed by atoms with Crippen molar-refractivity contribution in [2.45, 2.75) is 50.4 Å². The lowest BCUT2D eigenvalue weighted by molar-refractivity contribution is -0.156. The van der Waals surface area contributed by atoms with Crippen molar-refractivity contribution in [1.29, 1.82) is 0 Å². The molecule has 6 nitrogen and oxygen atoms in total. The Hall–Kier alpha value is -1.14. The number of ether oxygens (including phenoxy) is 1. The Kier molecular flexibility index (Phi) is 3.59. The lowest BCUT2D eigenvalue weighted by atomic mass is 9.93. The standard InChI is InChI=1S/C12H19NO5/c1-12(17)4-6-13(7-5-12)10(14)8-2-3-9(18-8)11(15)16/h8-9,17H,2-7H2,1H3,(H,15,16)/t8-,9+/m0/s1. The molecular formula is C12H19NO5. The number of aliphatic carboxylic acids is 1. The molecule has 2 atom stereocenters. The topological polar surface area (TPSA) is 87.1 Å². The normalized spacial score (nSPS) is 31.3. The molecule has 0 saturated carbocycles. The molecule has 2 aliphatic heterocycles. The van der Waals surface area contributed by atoms with Crippen LogP contribution in [0.25, 0.3) is 0 Å². The van der Waals surface area contributed by atoms with Gasteiger partial charge in [-0.2, -0.15) is 0 Å². The van der Waals surface area contributed by atoms with Crippen LogP contribution in [-0.2, 0) is 14.3 Å². The second kappa shape index (κ2) is 4.85. The zero-order valence-electron chi connectivity index (χ0n) is 10.5. The molecule has 102 valence electrons. The Bertz CT molecular complexity index is 344. The first-order valence-electron chi connectivity index (χ1n) is 6.28. The van der Waals surface area contributed by atoms with Gasteiger partial charge < -0.3 is 19.8 Å². The third-order valence-electron chi connectivity index (χ3n) is 3.72. The molecule has 2 N–H and O–H groups in total. The predicted octanol–water partition coefficient (Wildman–Crippen LogP) is -0.00800. The van der Waals surface area contributed by atoms with E-state index in [4.69, 9.17) is 9.84 Å². The van der Waals surface area contributed by atoms with Gasteiger partial charge in [-0.1, -0.05) is 0 Å². The van der Waals surface area contributed by atoms with Crippen LogP contribution in [0.15, 0.2) is 0 Å². The average molecular weight is 257 g/mol. The highest BCUT2D eigenvalue weighted by Gasteiger charge is 2.38. The molecular weight excluding hydrogens is 238 g/mol. The van der Waals surface area contributed by atoms with Crippen molar-refractivity contribution in [3.05, 3.63) is 0 Å². The predicted molar refractivity (Wildman–Crippen MR) is 62.0 cm³/mol. The zero-order valence-corrected chi connectivity index (χ0v) is 10.5. The van der Waals surface area contributed by atoms with Crippen LogP contribution in [0.1, 0.15) is 32.6 Å². The van der Waals surface area contributed by atoms with Gasteiger partial charge in [0.05, 0.1) is 5.60 Å². The minimum absolute atomic E-state index is 0.144. The molecule has 0 aromatic carbocycles. The van der Waals surface area contributed by atoms with Crippen LogP contribution in [0, 0.1) is 0 Å². The minimum Gasteiger partial charge on any atom is -0.479 e. The molecule has 0 aromatic heterocycles. The Morgan fingerprint density at radius 3 is 2.28 bits per heavy atom. The highest BCUT2D eigenvalue weighted by Crippen LogP contribution is 2.25. The van der Waals surface area contributed by atoms with Gasteiger partial charge in [0.1, 0.15) is 6.10 Å². The number of nitrogens with zero attached hydrogens (tertiary/aromatic N) is 1. The Balaban J connectivity index is 1.88. The number of carboxylic acid groups (broad SMARTS) is 1. The molecule has 2 heterocycles. The van der Waals surface area contributed by atoms with Crippen LogP contribution in [0.5, 0.6) is 0 Å². The summed E-state index contributed by atoms with van der Waals surface area (Å²) in [5.74, 6) is -1.15. The van der Waals surface area contributed by atoms with E-state index >= 15 is 0 Å². The first-order chi connectivity index (χ1) is 8.39. The molecule has 2 rings (SSSR count). The molecule has 0 unspecified atom stereocenters. The Morgan fingerprint density at radius 2 is 1.78 bits per heavy atom. The molecule has 0 aromatic rings. The maximum absolute atomic E-state index is 12.1. The Morgan fingerprint density at radius 1 is 1.22 bits per heavy atom. The van der Waals surface area contributed by atoms with E-state index in [0.717, 1.165) is 0 Å². The summed E-state index contributed by atoms with van der Waals surface area (Å²) in [7, 11) is 0. The summed E-state index contributed by atoms with van der Waals surface area (Å²) < 4.78 is 5.24. The second-order valence-corrected chi connectivity index (χ2v) is 5.35. The van der Waals surface area contributed by atoms with Gasteiger partial charge in [0.2, 0.25) is 0 Å². The van der Waals surface area contributed by atoms with Gasteiger partial charge in [-0.3, -0.25) is 4.79 Å². The van der Waals surface area contributed by atoms with E-state index in [2.05, 4.69) is 0 Å². The smallest absolute Gasteiger partial charge is 0.332 e. The molecule has 0 bridgehead atoms. The van der Waals surface area contributed by atoms with Crippen molar-refractivity contribution in [3.8, 4) is 0 Å². The van der Waals surface area contributed by atoms with Gasteiger partial charge >= 0.3 is 5.97 Å². The van der Waals surface area contributed by atoms with Crippen molar-refractivity contribution in [2.75, 3.05) is 13.1 Å². The monoisotopic (exact) mass is 257 g/mol. The van der Waals surface area contributed by atoms with E-state index in [1.807, 2.05) is 0 Å². The number of carbonyl (C=O) groups is 2. The fourth-order valence-corrected chi connectivity index (χ4v) is 2.41. The first kappa shape index (κ1) is 13.3. The zero-order chi connectivity index (χ0) is 13.3. The summed E-state index contributed by atoms with van der Waals surface area (Å²) in [6.07, 6.45) is 0.461. The van der Waals surface area contributed by atoms with Crippen molar-refractivity contribution in [1.82, 2.24) is 4.90 Å². The number of aliphatic hydroxyl groups is 1. The largest absolute Gasteiger partial charge is 0.479 e. The third-order valence-corrected chi connectivity index (χ3v) is 3.72. The van der Waals surface area contributed by atoms with Crippen molar-refractivity contribution < 1.29 is 24.5 Å². The molecule has 18 heavy (non-hydrogen) atoms. The van der Waals surface area contributed by atoms with Gasteiger partial charge in [0, 0.05) is 13.1 Å². The maximum Gasteiger partial charge on any atom is 0.332 e. The molecule has 0 radical (unpaired) electrons. The van der Waals surface area contributed by atoms with E-state index in [0.29, 0.717) is 38.8 Å². The van der Waals surface area contributed by atoms with Crippen LogP contribution in [-0.4, -0.2) is 57.9 Å². The lowest BCUT2D eigenvalue weighted by Gasteiger charge is -2.36. The van der Waals surface area contributed by atoms with Gasteiger partial charge in [-0.25, -0.2) is 4.79 Å². The summed E-state index contributed by atoms with van der Waals surface area (Å²) in [4.78, 5) is 24.5. The summed E-state index contributed by atoms with van der Waals surface area (Å²) in [6.45, 7) is 2.77. The highest BCUT2D eigenvalue weighted by atomic mass is 16.5. The molecule has 0 aliphatic carbocycles. The van der Waals surface area contributed by atoms with Crippen molar-refractivity contribution in [2.24, 2.45) is 0 Å². The fourth-order valence-electron chi connectivity index (χ4n) is 2.41. The number of hydrogen-bond donors (Lipinski definition) is 2. The lowest BCUT2D eigenvalue weighted by Crippen LogP contribution is -2.48. The quantitative estimate of drug-likeness (QED) is 0.726. The Labute approximate surface area is 106 Å². The maximum atomic E-state index is 12.1. The van der Waals surface area contributed by atoms with Crippen molar-refractivity contribution >= 4 is 11.9 Å². The molecule has 0 spiro atoms. The van der Waals surface area contributed by atoms with Crippen LogP contribution in [0.2, 0.25) is 0 Å². The van der Waals surface area contributed by atoms with E-state index in [1.54, 1.807) is 11.8 Å². The number of piperidine rings is 1. The minimum atomic E-state index is -1.01. The van der Waals surface area contributed by atoms with Crippen LogP contribution < -0.4 is 0 Å². The molecule has 2 saturated heterocycles. The summed E-state index contributed by atoms with van der Waals surface area (Å²) in [5, 5.41) is 18.6. The number of carboxylic acids is 1. The molecule has 1 amide bonds. The van der Waals surface area contributed by atoms with Gasteiger partial charge in [0.15, 0.2) is 6.10 Å². The van der Waals surface area contributed by atoms with E-state index in [-0.39, 0.29) is 5.91 Å². The van der Waals surface area contributed by atoms with Gasteiger partial charge in [-0.05, 0) is 32.6 Å². The van der Waals surface area contributed by atoms with Crippen molar-refractivity contribution in [3.63, 3.8) is 0 Å². The average Bonchev–Trinajstić information content (AvgIpc) is 2.77. The summed E-state index contributed by atoms with van der Waals surface area (Å²) >= 11 is 0. The van der Waals surface area contributed by atoms with E-state index in [1.165, 1.54) is 0 Å². The first-order valence-corrected chi connectivity index (χ1v) is 6.28. The van der Waals surface area contributed by atoms with Gasteiger partial charge in [0.25, 0.3) is 5.91 Å². The third kappa shape index (κ3) is 2.81. The number of rotatable bonds is 2. The highest BCUT2D eigenvalue weighted by molar-refractivity contribution is 5.82. The SMILES string of the molecule is CC1(O)CCN(C(=O)[C@@H]2CC[C@H](C(=O)O)O2)CC1. The van der Waals surface area contributed by atoms with E-state index < -0.39 is 23.8 Å². The second-order valence-electron chi connectivity index (χ2n) is 5.35. The number of likely N-dealkylation sites (tertiary alicyclic amines) is 1. The molecule has 2 aliphatic rings. The van der Waals surface area contributed by atoms with E-state index in [9.17, 15) is 14.7 Å².